The summed E-state index contributed by atoms with van der Waals surface area (Å²) >= 11 is 0. The third-order valence-electron chi connectivity index (χ3n) is 7.68. The van der Waals surface area contributed by atoms with Crippen molar-refractivity contribution in [1.29, 1.82) is 5.26 Å². The summed E-state index contributed by atoms with van der Waals surface area (Å²) in [4.78, 5) is 20.2. The molecule has 0 bridgehead atoms. The summed E-state index contributed by atoms with van der Waals surface area (Å²) in [5.74, 6) is 1.71. The molecule has 0 N–H and O–H groups in total. The van der Waals surface area contributed by atoms with Crippen molar-refractivity contribution in [3.8, 4) is 11.8 Å². The van der Waals surface area contributed by atoms with Crippen LogP contribution in [0.4, 0.5) is 5.69 Å². The Bertz CT molecular complexity index is 1600. The monoisotopic (exact) mass is 498 g/mol. The van der Waals surface area contributed by atoms with Crippen LogP contribution in [-0.2, 0) is 11.8 Å². The lowest BCUT2D eigenvalue weighted by Gasteiger charge is -2.34. The van der Waals surface area contributed by atoms with Gasteiger partial charge in [0, 0.05) is 43.9 Å². The molecule has 2 aliphatic rings. The standard InChI is InChI=1S/C29H30N4O4/c1-17-4-5-25-23(12-17)31-28(37-25)19-6-9-33(10-7-19)27-21-13-18(2)26(36-20-8-11-35-16-20)14-24(21)32(3)29(34)22(27)15-30/h4-5,12-14,19-20H,6-11,16H2,1-3H3/t20-/m1/s1. The van der Waals surface area contributed by atoms with Crippen LogP contribution in [0.3, 0.4) is 0 Å². The molecule has 6 rings (SSSR count). The minimum Gasteiger partial charge on any atom is -0.488 e. The van der Waals surface area contributed by atoms with Gasteiger partial charge in [-0.25, -0.2) is 4.98 Å². The summed E-state index contributed by atoms with van der Waals surface area (Å²) in [6.07, 6.45) is 2.52. The molecule has 2 saturated heterocycles. The predicted octanol–water partition coefficient (Wildman–Crippen LogP) is 4.72. The van der Waals surface area contributed by atoms with Crippen LogP contribution >= 0.6 is 0 Å². The largest absolute Gasteiger partial charge is 0.488 e. The molecule has 8 heteroatoms. The predicted molar refractivity (Wildman–Crippen MR) is 141 cm³/mol. The number of fused-ring (bicyclic) bond motifs is 2. The summed E-state index contributed by atoms with van der Waals surface area (Å²) in [6, 6.07) is 12.2. The maximum Gasteiger partial charge on any atom is 0.270 e. The molecule has 4 aromatic rings. The molecule has 2 fully saturated rings. The number of hydrogen-bond donors (Lipinski definition) is 0. The molecule has 1 atom stereocenters. The number of rotatable bonds is 4. The van der Waals surface area contributed by atoms with Crippen LogP contribution in [0.15, 0.2) is 39.5 Å². The molecule has 2 aromatic carbocycles. The first kappa shape index (κ1) is 23.6. The number of pyridine rings is 1. The van der Waals surface area contributed by atoms with Gasteiger partial charge in [0.15, 0.2) is 11.5 Å². The molecule has 8 nitrogen and oxygen atoms in total. The molecule has 0 amide bonds. The number of piperidine rings is 1. The molecule has 190 valence electrons. The average molecular weight is 499 g/mol. The first-order valence-corrected chi connectivity index (χ1v) is 12.9. The molecule has 0 aliphatic carbocycles. The average Bonchev–Trinajstić information content (AvgIpc) is 3.57. The Morgan fingerprint density at radius 3 is 2.68 bits per heavy atom. The molecular formula is C29H30N4O4. The molecule has 0 spiro atoms. The van der Waals surface area contributed by atoms with Crippen LogP contribution in [0.2, 0.25) is 0 Å². The summed E-state index contributed by atoms with van der Waals surface area (Å²) in [7, 11) is 1.72. The van der Waals surface area contributed by atoms with E-state index < -0.39 is 0 Å². The van der Waals surface area contributed by atoms with Gasteiger partial charge in [-0.15, -0.1) is 0 Å². The maximum absolute atomic E-state index is 13.3. The zero-order valence-corrected chi connectivity index (χ0v) is 21.4. The third kappa shape index (κ3) is 4.13. The molecule has 0 unspecified atom stereocenters. The van der Waals surface area contributed by atoms with Crippen molar-refractivity contribution in [2.45, 2.75) is 45.1 Å². The molecule has 37 heavy (non-hydrogen) atoms. The molecule has 2 aliphatic heterocycles. The van der Waals surface area contributed by atoms with Crippen LogP contribution in [0, 0.1) is 25.2 Å². The van der Waals surface area contributed by atoms with E-state index in [-0.39, 0.29) is 23.1 Å². The zero-order chi connectivity index (χ0) is 25.7. The fourth-order valence-corrected chi connectivity index (χ4v) is 5.58. The van der Waals surface area contributed by atoms with Crippen LogP contribution in [0.25, 0.3) is 22.0 Å². The highest BCUT2D eigenvalue weighted by Crippen LogP contribution is 2.38. The normalized spacial score (nSPS) is 18.5. The van der Waals surface area contributed by atoms with E-state index in [1.165, 1.54) is 0 Å². The van der Waals surface area contributed by atoms with E-state index in [4.69, 9.17) is 18.9 Å². The SMILES string of the molecule is Cc1ccc2oc(C3CCN(c4c(C#N)c(=O)n(C)c5cc(O[C@@H]6CCOC6)c(C)cc45)CC3)nc2c1. The van der Waals surface area contributed by atoms with Crippen molar-refractivity contribution in [3.05, 3.63) is 63.3 Å². The lowest BCUT2D eigenvalue weighted by Crippen LogP contribution is -2.36. The van der Waals surface area contributed by atoms with Crippen molar-refractivity contribution in [2.75, 3.05) is 31.2 Å². The van der Waals surface area contributed by atoms with Gasteiger partial charge in [0.05, 0.1) is 24.4 Å². The fourth-order valence-electron chi connectivity index (χ4n) is 5.58. The van der Waals surface area contributed by atoms with Crippen LogP contribution in [-0.4, -0.2) is 42.0 Å². The number of aryl methyl sites for hydroxylation is 3. The highest BCUT2D eigenvalue weighted by molar-refractivity contribution is 5.96. The minimum atomic E-state index is -0.291. The van der Waals surface area contributed by atoms with Gasteiger partial charge in [0.25, 0.3) is 5.56 Å². The number of ether oxygens (including phenoxy) is 2. The number of oxazole rings is 1. The Hall–Kier alpha value is -3.83. The first-order chi connectivity index (χ1) is 17.9. The lowest BCUT2D eigenvalue weighted by molar-refractivity contribution is 0.141. The van der Waals surface area contributed by atoms with Crippen LogP contribution in [0.5, 0.6) is 5.75 Å². The van der Waals surface area contributed by atoms with E-state index in [1.54, 1.807) is 11.6 Å². The second-order valence-electron chi connectivity index (χ2n) is 10.2. The zero-order valence-electron chi connectivity index (χ0n) is 21.4. The topological polar surface area (TPSA) is 93.5 Å². The van der Waals surface area contributed by atoms with Crippen LogP contribution < -0.4 is 15.2 Å². The summed E-state index contributed by atoms with van der Waals surface area (Å²) in [5, 5.41) is 10.9. The smallest absolute Gasteiger partial charge is 0.270 e. The lowest BCUT2D eigenvalue weighted by atomic mass is 9.95. The number of benzene rings is 2. The van der Waals surface area contributed by atoms with E-state index in [1.807, 2.05) is 44.2 Å². The first-order valence-electron chi connectivity index (χ1n) is 12.9. The number of aromatic nitrogens is 2. The van der Waals surface area contributed by atoms with Crippen molar-refractivity contribution >= 4 is 27.7 Å². The summed E-state index contributed by atoms with van der Waals surface area (Å²) in [6.45, 7) is 6.74. The van der Waals surface area contributed by atoms with Gasteiger partial charge in [-0.3, -0.25) is 4.79 Å². The number of hydrogen-bond acceptors (Lipinski definition) is 7. The van der Waals surface area contributed by atoms with Gasteiger partial charge < -0.3 is 23.4 Å². The Labute approximate surface area is 215 Å². The van der Waals surface area contributed by atoms with E-state index >= 15 is 0 Å². The Kier molecular flexibility index (Phi) is 5.88. The third-order valence-corrected chi connectivity index (χ3v) is 7.68. The number of nitriles is 1. The molecule has 0 saturated carbocycles. The van der Waals surface area contributed by atoms with E-state index in [2.05, 4.69) is 11.0 Å². The van der Waals surface area contributed by atoms with Gasteiger partial charge in [-0.2, -0.15) is 5.26 Å². The molecule has 2 aromatic heterocycles. The second-order valence-corrected chi connectivity index (χ2v) is 10.2. The number of nitrogens with zero attached hydrogens (tertiary/aromatic N) is 4. The van der Waals surface area contributed by atoms with E-state index in [0.717, 1.165) is 64.0 Å². The number of anilines is 1. The summed E-state index contributed by atoms with van der Waals surface area (Å²) in [5.41, 5.74) is 5.19. The van der Waals surface area contributed by atoms with Gasteiger partial charge in [0.2, 0.25) is 0 Å². The fraction of sp³-hybridized carbons (Fsp3) is 0.414. The van der Waals surface area contributed by atoms with Crippen LogP contribution in [0.1, 0.15) is 47.8 Å². The molecule has 4 heterocycles. The second kappa shape index (κ2) is 9.24. The Morgan fingerprint density at radius 1 is 1.14 bits per heavy atom. The highest BCUT2D eigenvalue weighted by Gasteiger charge is 2.29. The molecular weight excluding hydrogens is 468 g/mol. The maximum atomic E-state index is 13.3. The van der Waals surface area contributed by atoms with Crippen molar-refractivity contribution in [3.63, 3.8) is 0 Å². The quantitative estimate of drug-likeness (QED) is 0.402. The van der Waals surface area contributed by atoms with Crippen molar-refractivity contribution < 1.29 is 13.9 Å². The van der Waals surface area contributed by atoms with E-state index in [9.17, 15) is 10.1 Å². The molecule has 0 radical (unpaired) electrons. The summed E-state index contributed by atoms with van der Waals surface area (Å²) < 4.78 is 19.3. The Morgan fingerprint density at radius 2 is 1.95 bits per heavy atom. The van der Waals surface area contributed by atoms with Gasteiger partial charge in [0.1, 0.15) is 29.0 Å². The van der Waals surface area contributed by atoms with E-state index in [0.29, 0.717) is 32.0 Å². The van der Waals surface area contributed by atoms with Gasteiger partial charge in [-0.05, 0) is 56.0 Å². The van der Waals surface area contributed by atoms with Gasteiger partial charge >= 0.3 is 0 Å². The Balaban J connectivity index is 1.34. The van der Waals surface area contributed by atoms with Crippen molar-refractivity contribution in [2.24, 2.45) is 7.05 Å². The van der Waals surface area contributed by atoms with Crippen molar-refractivity contribution in [1.82, 2.24) is 9.55 Å². The minimum absolute atomic E-state index is 0.0147. The highest BCUT2D eigenvalue weighted by atomic mass is 16.5. The van der Waals surface area contributed by atoms with Gasteiger partial charge in [-0.1, -0.05) is 6.07 Å².